The van der Waals surface area contributed by atoms with Gasteiger partial charge in [0.05, 0.1) is 10.9 Å². The largest absolute Gasteiger partial charge is 0.387 e. The summed E-state index contributed by atoms with van der Waals surface area (Å²) < 4.78 is 22.5. The number of benzene rings is 1. The summed E-state index contributed by atoms with van der Waals surface area (Å²) in [7, 11) is -1.37. The smallest absolute Gasteiger partial charge is 0.153 e. The van der Waals surface area contributed by atoms with Gasteiger partial charge in [-0.25, -0.2) is 8.42 Å². The lowest BCUT2D eigenvalue weighted by atomic mass is 10.1. The molecule has 0 aliphatic carbocycles. The monoisotopic (exact) mass is 319 g/mol. The first kappa shape index (κ1) is 17.4. The van der Waals surface area contributed by atoms with E-state index in [1.54, 1.807) is 44.0 Å². The van der Waals surface area contributed by atoms with Crippen molar-refractivity contribution in [2.75, 3.05) is 26.4 Å². The minimum absolute atomic E-state index is 0.322. The van der Waals surface area contributed by atoms with Crippen molar-refractivity contribution in [1.82, 2.24) is 4.90 Å². The number of likely N-dealkylation sites (N-methyl/N-ethyl adjacent to an activating group) is 1. The molecule has 0 aliphatic heterocycles. The molecule has 1 rings (SSSR count). The van der Waals surface area contributed by atoms with Crippen molar-refractivity contribution in [3.05, 3.63) is 34.9 Å². The van der Waals surface area contributed by atoms with Gasteiger partial charge in [0.1, 0.15) is 0 Å². The molecule has 0 bridgehead atoms. The Morgan fingerprint density at radius 1 is 1.35 bits per heavy atom. The molecule has 20 heavy (non-hydrogen) atoms. The van der Waals surface area contributed by atoms with Crippen LogP contribution in [0.1, 0.15) is 25.5 Å². The van der Waals surface area contributed by atoms with Gasteiger partial charge in [0, 0.05) is 29.9 Å². The highest BCUT2D eigenvalue weighted by atomic mass is 35.5. The zero-order valence-corrected chi connectivity index (χ0v) is 13.9. The summed E-state index contributed by atoms with van der Waals surface area (Å²) in [6.07, 6.45) is 0.481. The van der Waals surface area contributed by atoms with Crippen molar-refractivity contribution >= 4 is 21.4 Å². The van der Waals surface area contributed by atoms with E-state index in [1.165, 1.54) is 6.26 Å². The molecule has 0 saturated carbocycles. The highest BCUT2D eigenvalue weighted by Crippen LogP contribution is 2.24. The molecule has 1 aromatic carbocycles. The molecule has 1 aromatic rings. The van der Waals surface area contributed by atoms with Gasteiger partial charge in [0.25, 0.3) is 0 Å². The summed E-state index contributed by atoms with van der Waals surface area (Å²) >= 11 is 6.03. The van der Waals surface area contributed by atoms with E-state index in [-0.39, 0.29) is 0 Å². The zero-order valence-electron chi connectivity index (χ0n) is 12.3. The topological polar surface area (TPSA) is 57.6 Å². The molecule has 0 fully saturated rings. The van der Waals surface area contributed by atoms with Crippen LogP contribution in [0.15, 0.2) is 24.3 Å². The predicted molar refractivity (Wildman–Crippen MR) is 82.8 cm³/mol. The van der Waals surface area contributed by atoms with E-state index in [2.05, 4.69) is 0 Å². The quantitative estimate of drug-likeness (QED) is 0.872. The van der Waals surface area contributed by atoms with Crippen molar-refractivity contribution in [3.8, 4) is 0 Å². The van der Waals surface area contributed by atoms with Crippen molar-refractivity contribution in [1.29, 1.82) is 0 Å². The third-order valence-electron chi connectivity index (χ3n) is 3.40. The second-order valence-corrected chi connectivity index (χ2v) is 8.82. The van der Waals surface area contributed by atoms with Crippen molar-refractivity contribution in [2.45, 2.75) is 24.7 Å². The van der Waals surface area contributed by atoms with Crippen LogP contribution in [0.3, 0.4) is 0 Å². The van der Waals surface area contributed by atoms with Gasteiger partial charge in [-0.1, -0.05) is 29.8 Å². The van der Waals surface area contributed by atoms with Crippen LogP contribution in [0.25, 0.3) is 0 Å². The Hall–Kier alpha value is -0.620. The number of halogens is 1. The standard InChI is InChI=1S/C14H22ClNO3S/c1-14(2,20(4,18)19)10-16(3)9-13(17)11-7-5-6-8-12(11)15/h5-8,13,17H,9-10H2,1-4H3. The van der Waals surface area contributed by atoms with E-state index < -0.39 is 20.7 Å². The van der Waals surface area contributed by atoms with Gasteiger partial charge in [0.2, 0.25) is 0 Å². The van der Waals surface area contributed by atoms with Crippen LogP contribution in [0.5, 0.6) is 0 Å². The first-order valence-electron chi connectivity index (χ1n) is 6.35. The highest BCUT2D eigenvalue weighted by molar-refractivity contribution is 7.92. The lowest BCUT2D eigenvalue weighted by molar-refractivity contribution is 0.123. The lowest BCUT2D eigenvalue weighted by Gasteiger charge is -2.30. The fourth-order valence-electron chi connectivity index (χ4n) is 1.97. The van der Waals surface area contributed by atoms with Gasteiger partial charge < -0.3 is 10.0 Å². The third kappa shape index (κ3) is 4.45. The average Bonchev–Trinajstić information content (AvgIpc) is 2.26. The van der Waals surface area contributed by atoms with Crippen LogP contribution < -0.4 is 0 Å². The molecular weight excluding hydrogens is 298 g/mol. The minimum Gasteiger partial charge on any atom is -0.387 e. The average molecular weight is 320 g/mol. The number of sulfone groups is 1. The molecular formula is C14H22ClNO3S. The molecule has 0 radical (unpaired) electrons. The molecule has 6 heteroatoms. The maximum atomic E-state index is 11.7. The fraction of sp³-hybridized carbons (Fsp3) is 0.571. The molecule has 0 heterocycles. The van der Waals surface area contributed by atoms with E-state index in [0.29, 0.717) is 23.7 Å². The van der Waals surface area contributed by atoms with Gasteiger partial charge in [-0.05, 0) is 27.0 Å². The Labute approximate surface area is 126 Å². The molecule has 0 aliphatic rings. The molecule has 0 saturated heterocycles. The number of hydrogen-bond acceptors (Lipinski definition) is 4. The Morgan fingerprint density at radius 3 is 2.40 bits per heavy atom. The van der Waals surface area contributed by atoms with Crippen LogP contribution in [-0.4, -0.2) is 49.6 Å². The van der Waals surface area contributed by atoms with Gasteiger partial charge >= 0.3 is 0 Å². The minimum atomic E-state index is -3.16. The molecule has 1 unspecified atom stereocenters. The first-order chi connectivity index (χ1) is 9.04. The Bertz CT molecular complexity index is 557. The van der Waals surface area contributed by atoms with Gasteiger partial charge in [-0.2, -0.15) is 0 Å². The first-order valence-corrected chi connectivity index (χ1v) is 8.62. The zero-order chi connectivity index (χ0) is 15.6. The summed E-state index contributed by atoms with van der Waals surface area (Å²) in [5, 5.41) is 10.7. The SMILES string of the molecule is CN(CC(O)c1ccccc1Cl)CC(C)(C)S(C)(=O)=O. The fourth-order valence-corrected chi connectivity index (χ4v) is 2.69. The maximum absolute atomic E-state index is 11.7. The van der Waals surface area contributed by atoms with Crippen LogP contribution >= 0.6 is 11.6 Å². The summed E-state index contributed by atoms with van der Waals surface area (Å²) in [6.45, 7) is 4.03. The summed E-state index contributed by atoms with van der Waals surface area (Å²) in [4.78, 5) is 1.80. The van der Waals surface area contributed by atoms with Crippen LogP contribution in [-0.2, 0) is 9.84 Å². The third-order valence-corrected chi connectivity index (χ3v) is 5.88. The molecule has 114 valence electrons. The summed E-state index contributed by atoms with van der Waals surface area (Å²) in [5.41, 5.74) is 0.651. The van der Waals surface area contributed by atoms with Crippen LogP contribution in [0.4, 0.5) is 0 Å². The van der Waals surface area contributed by atoms with Gasteiger partial charge in [-0.3, -0.25) is 0 Å². The second-order valence-electron chi connectivity index (χ2n) is 5.77. The summed E-state index contributed by atoms with van der Waals surface area (Å²) in [6, 6.07) is 7.10. The molecule has 0 amide bonds. The highest BCUT2D eigenvalue weighted by Gasteiger charge is 2.32. The van der Waals surface area contributed by atoms with E-state index in [0.717, 1.165) is 0 Å². The molecule has 1 N–H and O–H groups in total. The second kappa shape index (κ2) is 6.43. The Morgan fingerprint density at radius 2 is 1.90 bits per heavy atom. The van der Waals surface area contributed by atoms with Crippen LogP contribution in [0, 0.1) is 0 Å². The molecule has 1 atom stereocenters. The normalized spacial score (nSPS) is 14.6. The van der Waals surface area contributed by atoms with Gasteiger partial charge in [-0.15, -0.1) is 0 Å². The number of aliphatic hydroxyl groups excluding tert-OH is 1. The van der Waals surface area contributed by atoms with Crippen LogP contribution in [0.2, 0.25) is 5.02 Å². The maximum Gasteiger partial charge on any atom is 0.153 e. The number of hydrogen-bond donors (Lipinski definition) is 1. The number of nitrogens with zero attached hydrogens (tertiary/aromatic N) is 1. The number of aliphatic hydroxyl groups is 1. The van der Waals surface area contributed by atoms with Gasteiger partial charge in [0.15, 0.2) is 9.84 Å². The predicted octanol–water partition coefficient (Wildman–Crippen LogP) is 2.13. The van der Waals surface area contributed by atoms with E-state index in [1.807, 2.05) is 6.07 Å². The van der Waals surface area contributed by atoms with E-state index in [9.17, 15) is 13.5 Å². The van der Waals surface area contributed by atoms with E-state index in [4.69, 9.17) is 11.6 Å². The molecule has 0 aromatic heterocycles. The molecule has 4 nitrogen and oxygen atoms in total. The number of rotatable bonds is 6. The van der Waals surface area contributed by atoms with E-state index >= 15 is 0 Å². The Balaban J connectivity index is 2.73. The molecule has 0 spiro atoms. The van der Waals surface area contributed by atoms with Crippen molar-refractivity contribution in [3.63, 3.8) is 0 Å². The lowest BCUT2D eigenvalue weighted by Crippen LogP contribution is -2.43. The van der Waals surface area contributed by atoms with Crippen molar-refractivity contribution < 1.29 is 13.5 Å². The Kier molecular flexibility index (Phi) is 5.61. The summed E-state index contributed by atoms with van der Waals surface area (Å²) in [5.74, 6) is 0. The van der Waals surface area contributed by atoms with Crippen molar-refractivity contribution in [2.24, 2.45) is 0 Å².